The number of aromatic nitrogens is 1. The first kappa shape index (κ1) is 19.1. The highest BCUT2D eigenvalue weighted by molar-refractivity contribution is 7.91. The molecule has 0 amide bonds. The van der Waals surface area contributed by atoms with E-state index in [1.165, 1.54) is 6.07 Å². The topological polar surface area (TPSA) is 70.8 Å². The fourth-order valence-electron chi connectivity index (χ4n) is 3.03. The van der Waals surface area contributed by atoms with Gasteiger partial charge in [0.25, 0.3) is 0 Å². The molecule has 0 aliphatic heterocycles. The Labute approximate surface area is 171 Å². The predicted molar refractivity (Wildman–Crippen MR) is 109 cm³/mol. The van der Waals surface area contributed by atoms with Gasteiger partial charge in [-0.1, -0.05) is 41.9 Å². The summed E-state index contributed by atoms with van der Waals surface area (Å²) in [5, 5.41) is 10.1. The van der Waals surface area contributed by atoms with Gasteiger partial charge in [0.15, 0.2) is 0 Å². The van der Waals surface area contributed by atoms with Gasteiger partial charge in [-0.25, -0.2) is 17.8 Å². The maximum Gasteiger partial charge on any atom is 0.208 e. The molecular formula is C22H12ClFN2O2S. The molecule has 0 N–H and O–H groups in total. The van der Waals surface area contributed by atoms with Crippen molar-refractivity contribution in [2.45, 2.75) is 9.79 Å². The van der Waals surface area contributed by atoms with E-state index in [-0.39, 0.29) is 21.0 Å². The van der Waals surface area contributed by atoms with E-state index in [1.807, 2.05) is 6.07 Å². The van der Waals surface area contributed by atoms with Crippen molar-refractivity contribution in [2.24, 2.45) is 0 Å². The maximum absolute atomic E-state index is 13.7. The van der Waals surface area contributed by atoms with E-state index in [4.69, 9.17) is 16.9 Å². The third-order valence-corrected chi connectivity index (χ3v) is 6.45. The summed E-state index contributed by atoms with van der Waals surface area (Å²) in [4.78, 5) is 4.33. The van der Waals surface area contributed by atoms with Crippen molar-refractivity contribution in [3.63, 3.8) is 0 Å². The van der Waals surface area contributed by atoms with Crippen molar-refractivity contribution in [1.82, 2.24) is 4.98 Å². The van der Waals surface area contributed by atoms with Crippen LogP contribution in [0.5, 0.6) is 0 Å². The first-order valence-corrected chi connectivity index (χ1v) is 10.4. The lowest BCUT2D eigenvalue weighted by Crippen LogP contribution is -2.07. The molecule has 3 aromatic carbocycles. The van der Waals surface area contributed by atoms with E-state index in [2.05, 4.69) is 4.98 Å². The second-order valence-corrected chi connectivity index (χ2v) is 8.65. The molecule has 0 bridgehead atoms. The van der Waals surface area contributed by atoms with E-state index in [9.17, 15) is 12.8 Å². The highest BCUT2D eigenvalue weighted by Gasteiger charge is 2.25. The lowest BCUT2D eigenvalue weighted by atomic mass is 10.1. The lowest BCUT2D eigenvalue weighted by Gasteiger charge is -2.13. The van der Waals surface area contributed by atoms with Crippen molar-refractivity contribution in [3.8, 4) is 17.3 Å². The summed E-state index contributed by atoms with van der Waals surface area (Å²) < 4.78 is 40.6. The average Bonchev–Trinajstić information content (AvgIpc) is 2.73. The number of halogens is 2. The smallest absolute Gasteiger partial charge is 0.208 e. The SMILES string of the molecule is N#Cc1cc(S(=O)(=O)c2cc3ccccc3nc2-c2cccc(Cl)c2)ccc1F. The summed E-state index contributed by atoms with van der Waals surface area (Å²) in [6, 6.07) is 20.2. The minimum absolute atomic E-state index is 0.0473. The predicted octanol–water partition coefficient (Wildman–Crippen LogP) is 5.40. The van der Waals surface area contributed by atoms with Crippen LogP contribution in [0.2, 0.25) is 5.02 Å². The van der Waals surface area contributed by atoms with Gasteiger partial charge in [-0.15, -0.1) is 0 Å². The number of nitrogens with zero attached hydrogens (tertiary/aromatic N) is 2. The fourth-order valence-corrected chi connectivity index (χ4v) is 4.69. The van der Waals surface area contributed by atoms with Gasteiger partial charge in [0.2, 0.25) is 9.84 Å². The van der Waals surface area contributed by atoms with Gasteiger partial charge in [-0.05, 0) is 42.5 Å². The van der Waals surface area contributed by atoms with E-state index in [0.29, 0.717) is 21.5 Å². The maximum atomic E-state index is 13.7. The van der Waals surface area contributed by atoms with Gasteiger partial charge in [0.1, 0.15) is 11.9 Å². The van der Waals surface area contributed by atoms with Gasteiger partial charge in [-0.3, -0.25) is 0 Å². The number of rotatable bonds is 3. The third kappa shape index (κ3) is 3.46. The third-order valence-electron chi connectivity index (χ3n) is 4.45. The Bertz CT molecular complexity index is 1410. The molecule has 0 aliphatic rings. The van der Waals surface area contributed by atoms with Crippen LogP contribution in [0.25, 0.3) is 22.2 Å². The molecule has 0 atom stereocenters. The van der Waals surface area contributed by atoms with Gasteiger partial charge < -0.3 is 0 Å². The monoisotopic (exact) mass is 422 g/mol. The zero-order valence-corrected chi connectivity index (χ0v) is 16.4. The standard InChI is InChI=1S/C22H12ClFN2O2S/c23-17-6-3-5-15(10-17)22-21(12-14-4-1-2-7-20(14)26-22)29(27,28)18-8-9-19(24)16(11-18)13-25/h1-12H. The summed E-state index contributed by atoms with van der Waals surface area (Å²) in [5.41, 5.74) is 1.04. The molecule has 0 aliphatic carbocycles. The van der Waals surface area contributed by atoms with Crippen molar-refractivity contribution < 1.29 is 12.8 Å². The van der Waals surface area contributed by atoms with Crippen LogP contribution >= 0.6 is 11.6 Å². The molecule has 1 heterocycles. The Hall–Kier alpha value is -3.27. The summed E-state index contributed by atoms with van der Waals surface area (Å²) in [5.74, 6) is -0.779. The minimum Gasteiger partial charge on any atom is -0.246 e. The molecule has 0 fully saturated rings. The molecule has 7 heteroatoms. The van der Waals surface area contributed by atoms with Crippen LogP contribution in [0.15, 0.2) is 82.6 Å². The summed E-state index contributed by atoms with van der Waals surface area (Å²) in [7, 11) is -4.09. The largest absolute Gasteiger partial charge is 0.246 e. The van der Waals surface area contributed by atoms with Crippen LogP contribution in [-0.4, -0.2) is 13.4 Å². The first-order chi connectivity index (χ1) is 13.9. The molecule has 0 saturated heterocycles. The number of benzene rings is 3. The molecule has 1 aromatic heterocycles. The number of pyridine rings is 1. The molecule has 4 rings (SSSR count). The van der Waals surface area contributed by atoms with Crippen LogP contribution in [0.4, 0.5) is 4.39 Å². The van der Waals surface area contributed by atoms with E-state index in [0.717, 1.165) is 18.2 Å². The fraction of sp³-hybridized carbons (Fsp3) is 0. The van der Waals surface area contributed by atoms with E-state index in [1.54, 1.807) is 48.5 Å². The number of sulfone groups is 1. The zero-order valence-electron chi connectivity index (χ0n) is 14.8. The normalized spacial score (nSPS) is 11.3. The van der Waals surface area contributed by atoms with Crippen LogP contribution < -0.4 is 0 Å². The lowest BCUT2D eigenvalue weighted by molar-refractivity contribution is 0.594. The first-order valence-electron chi connectivity index (χ1n) is 8.50. The molecule has 0 spiro atoms. The van der Waals surface area contributed by atoms with Gasteiger partial charge in [0, 0.05) is 16.0 Å². The Morgan fingerprint density at radius 2 is 1.76 bits per heavy atom. The van der Waals surface area contributed by atoms with Crippen molar-refractivity contribution >= 4 is 32.3 Å². The Kier molecular flexibility index (Phi) is 4.79. The van der Waals surface area contributed by atoms with Crippen LogP contribution in [0.1, 0.15) is 5.56 Å². The molecule has 142 valence electrons. The molecule has 4 nitrogen and oxygen atoms in total. The van der Waals surface area contributed by atoms with E-state index < -0.39 is 15.7 Å². The van der Waals surface area contributed by atoms with Crippen LogP contribution in [0.3, 0.4) is 0 Å². The molecule has 29 heavy (non-hydrogen) atoms. The van der Waals surface area contributed by atoms with Crippen molar-refractivity contribution in [1.29, 1.82) is 5.26 Å². The van der Waals surface area contributed by atoms with Crippen LogP contribution in [0, 0.1) is 17.1 Å². The molecule has 0 saturated carbocycles. The highest BCUT2D eigenvalue weighted by atomic mass is 35.5. The zero-order chi connectivity index (χ0) is 20.6. The number of nitriles is 1. The molecule has 0 unspecified atom stereocenters. The summed E-state index contributed by atoms with van der Waals surface area (Å²) in [6.45, 7) is 0. The quantitative estimate of drug-likeness (QED) is 0.414. The molecular weight excluding hydrogens is 411 g/mol. The average molecular weight is 423 g/mol. The van der Waals surface area contributed by atoms with Gasteiger partial charge in [0.05, 0.1) is 26.6 Å². The second-order valence-electron chi connectivity index (χ2n) is 6.30. The molecule has 0 radical (unpaired) electrons. The summed E-state index contributed by atoms with van der Waals surface area (Å²) >= 11 is 6.10. The highest BCUT2D eigenvalue weighted by Crippen LogP contribution is 2.34. The van der Waals surface area contributed by atoms with E-state index >= 15 is 0 Å². The van der Waals surface area contributed by atoms with Crippen molar-refractivity contribution in [3.05, 3.63) is 89.2 Å². The number of fused-ring (bicyclic) bond motifs is 1. The Balaban J connectivity index is 2.04. The minimum atomic E-state index is -4.09. The second kappa shape index (κ2) is 7.28. The number of hydrogen-bond acceptors (Lipinski definition) is 4. The van der Waals surface area contributed by atoms with Crippen LogP contribution in [-0.2, 0) is 9.84 Å². The van der Waals surface area contributed by atoms with Crippen molar-refractivity contribution in [2.75, 3.05) is 0 Å². The van der Waals surface area contributed by atoms with Gasteiger partial charge in [-0.2, -0.15) is 5.26 Å². The Morgan fingerprint density at radius 3 is 2.52 bits per heavy atom. The molecule has 4 aromatic rings. The number of para-hydroxylation sites is 1. The Morgan fingerprint density at radius 1 is 0.966 bits per heavy atom. The number of hydrogen-bond donors (Lipinski definition) is 0. The van der Waals surface area contributed by atoms with Gasteiger partial charge >= 0.3 is 0 Å². The summed E-state index contributed by atoms with van der Waals surface area (Å²) in [6.07, 6.45) is 0.